The van der Waals surface area contributed by atoms with Crippen molar-refractivity contribution >= 4 is 17.6 Å². The van der Waals surface area contributed by atoms with E-state index in [1.807, 2.05) is 6.07 Å². The van der Waals surface area contributed by atoms with Gasteiger partial charge < -0.3 is 19.8 Å². The quantitative estimate of drug-likeness (QED) is 0.295. The number of aromatic amines is 1. The fourth-order valence-corrected chi connectivity index (χ4v) is 2.63. The van der Waals surface area contributed by atoms with Crippen molar-refractivity contribution in [2.75, 3.05) is 6.26 Å². The van der Waals surface area contributed by atoms with E-state index in [1.54, 1.807) is 30.5 Å². The van der Waals surface area contributed by atoms with Crippen LogP contribution >= 0.6 is 11.8 Å². The number of benzene rings is 1. The average Bonchev–Trinajstić information content (AvgIpc) is 3.15. The minimum absolute atomic E-state index is 0.0404. The summed E-state index contributed by atoms with van der Waals surface area (Å²) in [4.78, 5) is 29.0. The molecule has 27 heavy (non-hydrogen) atoms. The van der Waals surface area contributed by atoms with Gasteiger partial charge in [0.1, 0.15) is 17.4 Å². The average molecular weight is 384 g/mol. The van der Waals surface area contributed by atoms with Crippen LogP contribution in [0.15, 0.2) is 46.5 Å². The van der Waals surface area contributed by atoms with E-state index in [0.717, 1.165) is 0 Å². The molecule has 2 aromatic heterocycles. The van der Waals surface area contributed by atoms with Crippen molar-refractivity contribution in [3.63, 3.8) is 0 Å². The van der Waals surface area contributed by atoms with Gasteiger partial charge in [0.05, 0.1) is 23.1 Å². The first-order valence-electron chi connectivity index (χ1n) is 7.51. The van der Waals surface area contributed by atoms with Gasteiger partial charge in [-0.05, 0) is 23.3 Å². The maximum absolute atomic E-state index is 12.0. The second-order valence-corrected chi connectivity index (χ2v) is 5.98. The molecule has 3 aromatic rings. The van der Waals surface area contributed by atoms with Crippen molar-refractivity contribution in [3.8, 4) is 23.1 Å². The summed E-state index contributed by atoms with van der Waals surface area (Å²) in [6, 6.07) is 9.84. The monoisotopic (exact) mass is 384 g/mol. The molecule has 2 heterocycles. The van der Waals surface area contributed by atoms with Gasteiger partial charge in [0.25, 0.3) is 5.56 Å². The van der Waals surface area contributed by atoms with Gasteiger partial charge in [-0.15, -0.1) is 4.68 Å². The van der Waals surface area contributed by atoms with Crippen LogP contribution < -0.4 is 10.3 Å². The summed E-state index contributed by atoms with van der Waals surface area (Å²) in [5.74, 6) is 0.158. The number of H-pyrrole nitrogens is 1. The molecule has 0 aliphatic carbocycles. The number of rotatable bonds is 6. The summed E-state index contributed by atoms with van der Waals surface area (Å²) < 4.78 is 6.86. The van der Waals surface area contributed by atoms with Crippen molar-refractivity contribution < 1.29 is 9.66 Å². The van der Waals surface area contributed by atoms with Gasteiger partial charge in [-0.1, -0.05) is 23.9 Å². The van der Waals surface area contributed by atoms with E-state index >= 15 is 0 Å². The van der Waals surface area contributed by atoms with Crippen LogP contribution in [-0.2, 0) is 6.73 Å². The second kappa shape index (κ2) is 7.71. The topological polar surface area (TPSA) is 140 Å². The molecule has 0 aliphatic rings. The number of ether oxygens (including phenoxy) is 1. The van der Waals surface area contributed by atoms with Crippen LogP contribution in [0.5, 0.6) is 5.75 Å². The molecule has 0 radical (unpaired) electrons. The normalized spacial score (nSPS) is 10.4. The molecule has 0 spiro atoms. The lowest BCUT2D eigenvalue weighted by Crippen LogP contribution is -2.14. The summed E-state index contributed by atoms with van der Waals surface area (Å²) in [5.41, 5.74) is 0.192. The van der Waals surface area contributed by atoms with E-state index in [0.29, 0.717) is 16.5 Å². The van der Waals surface area contributed by atoms with Gasteiger partial charge in [0.15, 0.2) is 5.16 Å². The second-order valence-electron chi connectivity index (χ2n) is 5.18. The summed E-state index contributed by atoms with van der Waals surface area (Å²) >= 11 is 1.25. The molecule has 0 saturated heterocycles. The molecule has 0 bridgehead atoms. The Labute approximate surface area is 156 Å². The molecule has 1 N–H and O–H groups in total. The highest BCUT2D eigenvalue weighted by molar-refractivity contribution is 7.98. The molecular formula is C16H12N6O4S. The van der Waals surface area contributed by atoms with Crippen LogP contribution in [0.4, 0.5) is 5.82 Å². The summed E-state index contributed by atoms with van der Waals surface area (Å²) in [6.45, 7) is -0.0404. The Morgan fingerprint density at radius 2 is 2.26 bits per heavy atom. The van der Waals surface area contributed by atoms with Gasteiger partial charge >= 0.3 is 5.82 Å². The molecule has 0 atom stereocenters. The first kappa shape index (κ1) is 18.2. The zero-order chi connectivity index (χ0) is 19.4. The fraction of sp³-hybridized carbons (Fsp3) is 0.125. The molecule has 0 fully saturated rings. The van der Waals surface area contributed by atoms with Crippen LogP contribution in [0.2, 0.25) is 0 Å². The largest absolute Gasteiger partial charge is 0.469 e. The van der Waals surface area contributed by atoms with E-state index in [9.17, 15) is 20.2 Å². The van der Waals surface area contributed by atoms with Crippen LogP contribution in [0.3, 0.4) is 0 Å². The maximum Gasteiger partial charge on any atom is 0.390 e. The van der Waals surface area contributed by atoms with Crippen molar-refractivity contribution in [1.82, 2.24) is 19.7 Å². The minimum Gasteiger partial charge on any atom is -0.469 e. The van der Waals surface area contributed by atoms with Crippen LogP contribution in [0.1, 0.15) is 5.56 Å². The Kier molecular flexibility index (Phi) is 5.18. The third-order valence-electron chi connectivity index (χ3n) is 3.49. The molecular weight excluding hydrogens is 372 g/mol. The molecule has 0 aliphatic heterocycles. The number of thioether (sulfide) groups is 1. The number of hydrogen-bond acceptors (Lipinski definition) is 8. The van der Waals surface area contributed by atoms with E-state index in [2.05, 4.69) is 15.1 Å². The zero-order valence-electron chi connectivity index (χ0n) is 13.9. The molecule has 0 amide bonds. The SMILES string of the molecule is CSc1nc(-c2cccc(OCn3ccc([N+](=O)[O-])n3)c2)c(C#N)c(=O)[nH]1. The minimum atomic E-state index is -0.595. The maximum atomic E-state index is 12.0. The number of nitro groups is 1. The molecule has 0 saturated carbocycles. The van der Waals surface area contributed by atoms with Crippen LogP contribution in [-0.4, -0.2) is 30.9 Å². The Morgan fingerprint density at radius 1 is 1.44 bits per heavy atom. The Hall–Kier alpha value is -3.65. The number of nitrogens with one attached hydrogen (secondary N) is 1. The number of hydrogen-bond donors (Lipinski definition) is 1. The Balaban J connectivity index is 1.87. The predicted octanol–water partition coefficient (Wildman–Crippen LogP) is 2.17. The first-order chi connectivity index (χ1) is 13.0. The van der Waals surface area contributed by atoms with Crippen LogP contribution in [0.25, 0.3) is 11.3 Å². The summed E-state index contributed by atoms with van der Waals surface area (Å²) in [5, 5.41) is 24.1. The highest BCUT2D eigenvalue weighted by Gasteiger charge is 2.14. The highest BCUT2D eigenvalue weighted by atomic mass is 32.2. The third-order valence-corrected chi connectivity index (χ3v) is 4.07. The smallest absolute Gasteiger partial charge is 0.390 e. The standard InChI is InChI=1S/C16H12N6O4S/c1-27-16-18-14(12(8-17)15(23)19-16)10-3-2-4-11(7-10)26-9-21-6-5-13(20-21)22(24)25/h2-7H,9H2,1H3,(H,18,19,23). The van der Waals surface area contributed by atoms with Gasteiger partial charge in [-0.3, -0.25) is 4.79 Å². The van der Waals surface area contributed by atoms with Crippen LogP contribution in [0, 0.1) is 21.4 Å². The molecule has 0 unspecified atom stereocenters. The highest BCUT2D eigenvalue weighted by Crippen LogP contribution is 2.25. The fourth-order valence-electron chi connectivity index (χ4n) is 2.26. The first-order valence-corrected chi connectivity index (χ1v) is 8.74. The zero-order valence-corrected chi connectivity index (χ0v) is 14.8. The third kappa shape index (κ3) is 3.96. The Bertz CT molecular complexity index is 1100. The summed E-state index contributed by atoms with van der Waals surface area (Å²) in [6.07, 6.45) is 3.19. The van der Waals surface area contributed by atoms with Gasteiger partial charge in [-0.2, -0.15) is 5.26 Å². The molecule has 3 rings (SSSR count). The summed E-state index contributed by atoms with van der Waals surface area (Å²) in [7, 11) is 0. The number of aromatic nitrogens is 4. The van der Waals surface area contributed by atoms with E-state index < -0.39 is 10.5 Å². The molecule has 11 heteroatoms. The van der Waals surface area contributed by atoms with Crippen molar-refractivity contribution in [2.45, 2.75) is 11.9 Å². The molecule has 1 aromatic carbocycles. The Morgan fingerprint density at radius 3 is 2.93 bits per heavy atom. The predicted molar refractivity (Wildman–Crippen MR) is 96.3 cm³/mol. The molecule has 10 nitrogen and oxygen atoms in total. The van der Waals surface area contributed by atoms with Crippen molar-refractivity contribution in [3.05, 3.63) is 62.6 Å². The van der Waals surface area contributed by atoms with Gasteiger partial charge in [0, 0.05) is 5.56 Å². The lowest BCUT2D eigenvalue weighted by Gasteiger charge is -2.08. The number of nitriles is 1. The van der Waals surface area contributed by atoms with E-state index in [-0.39, 0.29) is 23.8 Å². The van der Waals surface area contributed by atoms with E-state index in [1.165, 1.54) is 28.7 Å². The van der Waals surface area contributed by atoms with Crippen molar-refractivity contribution in [1.29, 1.82) is 5.26 Å². The molecule has 136 valence electrons. The lowest BCUT2D eigenvalue weighted by atomic mass is 10.1. The van der Waals surface area contributed by atoms with E-state index in [4.69, 9.17) is 4.74 Å². The van der Waals surface area contributed by atoms with Gasteiger partial charge in [0.2, 0.25) is 6.73 Å². The lowest BCUT2D eigenvalue weighted by molar-refractivity contribution is -0.389. The number of nitrogens with zero attached hydrogens (tertiary/aromatic N) is 5. The van der Waals surface area contributed by atoms with Crippen molar-refractivity contribution in [2.24, 2.45) is 0 Å². The van der Waals surface area contributed by atoms with Gasteiger partial charge in [-0.25, -0.2) is 4.98 Å².